The Morgan fingerprint density at radius 3 is 2.42 bits per heavy atom. The maximum atomic E-state index is 6.15. The van der Waals surface area contributed by atoms with E-state index < -0.39 is 0 Å². The van der Waals surface area contributed by atoms with Crippen molar-refractivity contribution in [3.05, 3.63) is 58.1 Å². The number of benzene rings is 2. The highest BCUT2D eigenvalue weighted by Gasteiger charge is 2.10. The van der Waals surface area contributed by atoms with Crippen molar-refractivity contribution in [2.45, 2.75) is 13.8 Å². The summed E-state index contributed by atoms with van der Waals surface area (Å²) >= 11 is 11.2. The van der Waals surface area contributed by atoms with Gasteiger partial charge >= 0.3 is 0 Å². The first-order chi connectivity index (χ1) is 9.00. The molecule has 0 fully saturated rings. The van der Waals surface area contributed by atoms with Crippen LogP contribution in [0.2, 0.25) is 5.02 Å². The van der Waals surface area contributed by atoms with Crippen LogP contribution in [-0.2, 0) is 0 Å². The molecule has 0 saturated heterocycles. The second-order valence-corrected chi connectivity index (χ2v) is 5.25. The fourth-order valence-corrected chi connectivity index (χ4v) is 2.46. The molecule has 0 spiro atoms. The number of halogens is 1. The van der Waals surface area contributed by atoms with Crippen LogP contribution in [0.3, 0.4) is 0 Å². The largest absolute Gasteiger partial charge is 0.389 e. The fraction of sp³-hybridized carbons (Fsp3) is 0.133. The number of aryl methyl sites for hydroxylation is 1. The molecule has 3 N–H and O–H groups in total. The smallest absolute Gasteiger partial charge is 0.107 e. The van der Waals surface area contributed by atoms with Gasteiger partial charge in [0, 0.05) is 5.69 Å². The van der Waals surface area contributed by atoms with Gasteiger partial charge in [0.1, 0.15) is 4.99 Å². The minimum Gasteiger partial charge on any atom is -0.389 e. The van der Waals surface area contributed by atoms with Crippen LogP contribution < -0.4 is 11.1 Å². The second kappa shape index (κ2) is 5.59. The highest BCUT2D eigenvalue weighted by atomic mass is 35.5. The predicted octanol–water partition coefficient (Wildman–Crippen LogP) is 4.33. The minimum atomic E-state index is 0.290. The monoisotopic (exact) mass is 290 g/mol. The van der Waals surface area contributed by atoms with E-state index in [-0.39, 0.29) is 0 Å². The first-order valence-corrected chi connectivity index (χ1v) is 6.71. The summed E-state index contributed by atoms with van der Waals surface area (Å²) in [6, 6.07) is 11.7. The lowest BCUT2D eigenvalue weighted by Gasteiger charge is -2.15. The van der Waals surface area contributed by atoms with Crippen LogP contribution >= 0.6 is 23.8 Å². The highest BCUT2D eigenvalue weighted by Crippen LogP contribution is 2.29. The van der Waals surface area contributed by atoms with Crippen LogP contribution in [0.5, 0.6) is 0 Å². The van der Waals surface area contributed by atoms with Gasteiger partial charge in [-0.15, -0.1) is 0 Å². The molecular formula is C15H15ClN2S. The number of nitrogens with one attached hydrogen (secondary N) is 1. The third-order valence-corrected chi connectivity index (χ3v) is 3.65. The number of hydrogen-bond acceptors (Lipinski definition) is 2. The average Bonchev–Trinajstić information content (AvgIpc) is 2.34. The lowest BCUT2D eigenvalue weighted by atomic mass is 10.1. The fourth-order valence-electron chi connectivity index (χ4n) is 1.91. The van der Waals surface area contributed by atoms with Gasteiger partial charge in [-0.05, 0) is 43.2 Å². The molecule has 0 saturated carbocycles. The Kier molecular flexibility index (Phi) is 4.08. The van der Waals surface area contributed by atoms with Crippen molar-refractivity contribution in [1.29, 1.82) is 0 Å². The molecule has 19 heavy (non-hydrogen) atoms. The number of thiocarbonyl (C=S) groups is 1. The van der Waals surface area contributed by atoms with Crippen molar-refractivity contribution in [3.63, 3.8) is 0 Å². The molecule has 0 unspecified atom stereocenters. The number of rotatable bonds is 3. The molecule has 0 aliphatic heterocycles. The molecule has 0 bridgehead atoms. The molecule has 4 heteroatoms. The lowest BCUT2D eigenvalue weighted by Crippen LogP contribution is -2.13. The van der Waals surface area contributed by atoms with E-state index in [1.807, 2.05) is 24.3 Å². The van der Waals surface area contributed by atoms with E-state index in [1.54, 1.807) is 6.07 Å². The molecule has 0 aromatic heterocycles. The summed E-state index contributed by atoms with van der Waals surface area (Å²) in [6.45, 7) is 4.15. The molecule has 0 amide bonds. The molecule has 0 radical (unpaired) electrons. The quantitative estimate of drug-likeness (QED) is 0.826. The summed E-state index contributed by atoms with van der Waals surface area (Å²) in [4.78, 5) is 0.290. The van der Waals surface area contributed by atoms with Crippen LogP contribution in [0.15, 0.2) is 36.4 Å². The van der Waals surface area contributed by atoms with Gasteiger partial charge in [-0.1, -0.05) is 42.0 Å². The van der Waals surface area contributed by atoms with Crippen molar-refractivity contribution in [3.8, 4) is 0 Å². The Balaban J connectivity index is 2.47. The van der Waals surface area contributed by atoms with Crippen LogP contribution in [0.1, 0.15) is 16.7 Å². The summed E-state index contributed by atoms with van der Waals surface area (Å²) in [5, 5.41) is 3.91. The van der Waals surface area contributed by atoms with Crippen LogP contribution in [0.4, 0.5) is 11.4 Å². The number of anilines is 2. The molecule has 98 valence electrons. The maximum absolute atomic E-state index is 6.15. The van der Waals surface area contributed by atoms with Crippen molar-refractivity contribution in [2.75, 3.05) is 5.32 Å². The molecule has 2 aromatic rings. The average molecular weight is 291 g/mol. The Hall–Kier alpha value is -1.58. The summed E-state index contributed by atoms with van der Waals surface area (Å²) in [5.41, 5.74) is 10.7. The predicted molar refractivity (Wildman–Crippen MR) is 86.5 cm³/mol. The van der Waals surface area contributed by atoms with Gasteiger partial charge in [0.2, 0.25) is 0 Å². The Morgan fingerprint density at radius 1 is 1.11 bits per heavy atom. The Morgan fingerprint density at radius 2 is 1.74 bits per heavy atom. The second-order valence-electron chi connectivity index (χ2n) is 4.40. The van der Waals surface area contributed by atoms with E-state index in [4.69, 9.17) is 29.6 Å². The van der Waals surface area contributed by atoms with E-state index in [9.17, 15) is 0 Å². The van der Waals surface area contributed by atoms with E-state index in [0.717, 1.165) is 11.4 Å². The number of nitrogens with two attached hydrogens (primary N) is 1. The van der Waals surface area contributed by atoms with E-state index in [1.165, 1.54) is 11.1 Å². The minimum absolute atomic E-state index is 0.290. The third kappa shape index (κ3) is 2.88. The normalized spacial score (nSPS) is 10.3. The zero-order valence-electron chi connectivity index (χ0n) is 10.8. The molecule has 0 aliphatic rings. The van der Waals surface area contributed by atoms with Crippen molar-refractivity contribution in [1.82, 2.24) is 0 Å². The molecule has 2 nitrogen and oxygen atoms in total. The lowest BCUT2D eigenvalue weighted by molar-refractivity contribution is 1.33. The van der Waals surface area contributed by atoms with Gasteiger partial charge in [0.25, 0.3) is 0 Å². The maximum Gasteiger partial charge on any atom is 0.107 e. The standard InChI is InChI=1S/C15H15ClN2S/c1-9-5-3-7-12(10(9)2)18-13-8-4-6-11(16)14(13)15(17)19/h3-8,18H,1-2H3,(H2,17,19). The molecule has 2 rings (SSSR count). The van der Waals surface area contributed by atoms with Gasteiger partial charge in [0.15, 0.2) is 0 Å². The van der Waals surface area contributed by atoms with E-state index in [2.05, 4.69) is 25.2 Å². The molecule has 0 atom stereocenters. The van der Waals surface area contributed by atoms with Crippen LogP contribution in [0, 0.1) is 13.8 Å². The zero-order valence-corrected chi connectivity index (χ0v) is 12.4. The summed E-state index contributed by atoms with van der Waals surface area (Å²) in [7, 11) is 0. The first-order valence-electron chi connectivity index (χ1n) is 5.92. The molecule has 2 aromatic carbocycles. The van der Waals surface area contributed by atoms with Gasteiger partial charge in [-0.2, -0.15) is 0 Å². The summed E-state index contributed by atoms with van der Waals surface area (Å²) < 4.78 is 0. The SMILES string of the molecule is Cc1cccc(Nc2cccc(Cl)c2C(N)=S)c1C. The van der Waals surface area contributed by atoms with Crippen molar-refractivity contribution < 1.29 is 0 Å². The molecule has 0 aliphatic carbocycles. The molecular weight excluding hydrogens is 276 g/mol. The van der Waals surface area contributed by atoms with Crippen molar-refractivity contribution >= 4 is 40.2 Å². The van der Waals surface area contributed by atoms with Crippen LogP contribution in [0.25, 0.3) is 0 Å². The van der Waals surface area contributed by atoms with Crippen molar-refractivity contribution in [2.24, 2.45) is 5.73 Å². The third-order valence-electron chi connectivity index (χ3n) is 3.13. The van der Waals surface area contributed by atoms with Gasteiger partial charge in [0.05, 0.1) is 16.3 Å². The van der Waals surface area contributed by atoms with E-state index in [0.29, 0.717) is 15.6 Å². The summed E-state index contributed by atoms with van der Waals surface area (Å²) in [6.07, 6.45) is 0. The van der Waals surface area contributed by atoms with Gasteiger partial charge in [-0.3, -0.25) is 0 Å². The topological polar surface area (TPSA) is 38.0 Å². The van der Waals surface area contributed by atoms with Crippen LogP contribution in [-0.4, -0.2) is 4.99 Å². The van der Waals surface area contributed by atoms with Gasteiger partial charge < -0.3 is 11.1 Å². The summed E-state index contributed by atoms with van der Waals surface area (Å²) in [5.74, 6) is 0. The van der Waals surface area contributed by atoms with Gasteiger partial charge in [-0.25, -0.2) is 0 Å². The first kappa shape index (κ1) is 13.8. The Bertz CT molecular complexity index is 638. The number of hydrogen-bond donors (Lipinski definition) is 2. The van der Waals surface area contributed by atoms with E-state index >= 15 is 0 Å². The Labute approximate surface area is 123 Å². The zero-order chi connectivity index (χ0) is 14.0. The highest BCUT2D eigenvalue weighted by molar-refractivity contribution is 7.80. The molecule has 0 heterocycles.